The van der Waals surface area contributed by atoms with E-state index < -0.39 is 0 Å². The zero-order valence-corrected chi connectivity index (χ0v) is 10.8. The van der Waals surface area contributed by atoms with E-state index in [1.165, 1.54) is 32.1 Å². The van der Waals surface area contributed by atoms with Gasteiger partial charge in [-0.3, -0.25) is 0 Å². The molecule has 1 rings (SSSR count). The van der Waals surface area contributed by atoms with Crippen LogP contribution in [0, 0.1) is 11.8 Å². The van der Waals surface area contributed by atoms with Gasteiger partial charge in [0, 0.05) is 5.56 Å². The van der Waals surface area contributed by atoms with Gasteiger partial charge in [-0.05, 0) is 25.1 Å². The standard InChI is InChI=1S/C16H23N/c1-2-3-4-5-9-14-17-15-10-13-16-11-7-6-8-12-16/h6-8,11-12,17H,2-5,9,14-15H2,1H3. The predicted molar refractivity (Wildman–Crippen MR) is 74.9 cm³/mol. The van der Waals surface area contributed by atoms with E-state index in [0.29, 0.717) is 0 Å². The van der Waals surface area contributed by atoms with Crippen LogP contribution in [0.5, 0.6) is 0 Å². The van der Waals surface area contributed by atoms with Crippen molar-refractivity contribution in [1.29, 1.82) is 0 Å². The first kappa shape index (κ1) is 13.8. The molecule has 1 N–H and O–H groups in total. The molecule has 92 valence electrons. The first-order chi connectivity index (χ1) is 8.43. The van der Waals surface area contributed by atoms with E-state index in [0.717, 1.165) is 18.7 Å². The largest absolute Gasteiger partial charge is 0.306 e. The van der Waals surface area contributed by atoms with Gasteiger partial charge in [-0.15, -0.1) is 0 Å². The summed E-state index contributed by atoms with van der Waals surface area (Å²) in [6.07, 6.45) is 6.66. The molecule has 1 nitrogen and oxygen atoms in total. The maximum absolute atomic E-state index is 3.36. The van der Waals surface area contributed by atoms with Crippen LogP contribution in [-0.2, 0) is 0 Å². The van der Waals surface area contributed by atoms with Crippen molar-refractivity contribution in [3.63, 3.8) is 0 Å². The Morgan fingerprint density at radius 3 is 2.53 bits per heavy atom. The van der Waals surface area contributed by atoms with Crippen molar-refractivity contribution >= 4 is 0 Å². The Labute approximate surface area is 106 Å². The molecule has 0 aliphatic rings. The number of benzene rings is 1. The molecule has 0 atom stereocenters. The zero-order valence-electron chi connectivity index (χ0n) is 10.8. The number of hydrogen-bond donors (Lipinski definition) is 1. The van der Waals surface area contributed by atoms with Gasteiger partial charge in [0.1, 0.15) is 0 Å². The van der Waals surface area contributed by atoms with Crippen molar-refractivity contribution in [2.24, 2.45) is 0 Å². The van der Waals surface area contributed by atoms with Crippen molar-refractivity contribution in [3.05, 3.63) is 35.9 Å². The second-order valence-corrected chi connectivity index (χ2v) is 4.26. The van der Waals surface area contributed by atoms with Crippen molar-refractivity contribution in [1.82, 2.24) is 5.32 Å². The highest BCUT2D eigenvalue weighted by Gasteiger charge is 1.88. The number of unbranched alkanes of at least 4 members (excludes halogenated alkanes) is 4. The fourth-order valence-corrected chi connectivity index (χ4v) is 1.67. The minimum atomic E-state index is 0.794. The summed E-state index contributed by atoms with van der Waals surface area (Å²) in [6, 6.07) is 10.1. The van der Waals surface area contributed by atoms with E-state index in [4.69, 9.17) is 0 Å². The Morgan fingerprint density at radius 1 is 1.00 bits per heavy atom. The third-order valence-electron chi connectivity index (χ3n) is 2.68. The summed E-state index contributed by atoms with van der Waals surface area (Å²) >= 11 is 0. The van der Waals surface area contributed by atoms with E-state index in [9.17, 15) is 0 Å². The number of nitrogens with one attached hydrogen (secondary N) is 1. The Bertz CT molecular complexity index is 332. The number of hydrogen-bond acceptors (Lipinski definition) is 1. The molecule has 0 heterocycles. The van der Waals surface area contributed by atoms with E-state index >= 15 is 0 Å². The average molecular weight is 229 g/mol. The molecule has 0 saturated carbocycles. The fraction of sp³-hybridized carbons (Fsp3) is 0.500. The van der Waals surface area contributed by atoms with Gasteiger partial charge in [0.15, 0.2) is 0 Å². The van der Waals surface area contributed by atoms with Gasteiger partial charge in [-0.25, -0.2) is 0 Å². The average Bonchev–Trinajstić information content (AvgIpc) is 2.38. The van der Waals surface area contributed by atoms with Crippen LogP contribution in [0.25, 0.3) is 0 Å². The van der Waals surface area contributed by atoms with Gasteiger partial charge in [0.05, 0.1) is 6.54 Å². The SMILES string of the molecule is CCCCCCCNCC#Cc1ccccc1. The first-order valence-corrected chi connectivity index (χ1v) is 6.68. The van der Waals surface area contributed by atoms with E-state index in [1.807, 2.05) is 30.3 Å². The molecule has 0 aliphatic carbocycles. The topological polar surface area (TPSA) is 12.0 Å². The van der Waals surface area contributed by atoms with Crippen LogP contribution in [-0.4, -0.2) is 13.1 Å². The van der Waals surface area contributed by atoms with Gasteiger partial charge in [0.25, 0.3) is 0 Å². The van der Waals surface area contributed by atoms with Gasteiger partial charge in [-0.2, -0.15) is 0 Å². The lowest BCUT2D eigenvalue weighted by atomic mass is 10.1. The van der Waals surface area contributed by atoms with Crippen LogP contribution in [0.4, 0.5) is 0 Å². The molecule has 1 heteroatoms. The maximum Gasteiger partial charge on any atom is 0.0580 e. The lowest BCUT2D eigenvalue weighted by molar-refractivity contribution is 0.602. The highest BCUT2D eigenvalue weighted by molar-refractivity contribution is 5.33. The summed E-state index contributed by atoms with van der Waals surface area (Å²) in [7, 11) is 0. The summed E-state index contributed by atoms with van der Waals surface area (Å²) in [5, 5.41) is 3.36. The normalized spacial score (nSPS) is 9.71. The molecular weight excluding hydrogens is 206 g/mol. The first-order valence-electron chi connectivity index (χ1n) is 6.68. The summed E-state index contributed by atoms with van der Waals surface area (Å²) in [5.41, 5.74) is 1.09. The maximum atomic E-state index is 3.36. The number of rotatable bonds is 7. The van der Waals surface area contributed by atoms with Crippen LogP contribution < -0.4 is 5.32 Å². The van der Waals surface area contributed by atoms with E-state index in [1.54, 1.807) is 0 Å². The van der Waals surface area contributed by atoms with E-state index in [2.05, 4.69) is 24.1 Å². The summed E-state index contributed by atoms with van der Waals surface area (Å²) < 4.78 is 0. The van der Waals surface area contributed by atoms with Crippen LogP contribution in [0.1, 0.15) is 44.6 Å². The lowest BCUT2D eigenvalue weighted by Gasteiger charge is -2.00. The molecule has 0 unspecified atom stereocenters. The molecule has 0 bridgehead atoms. The third kappa shape index (κ3) is 7.60. The Kier molecular flexibility index (Phi) is 8.06. The molecule has 0 amide bonds. The molecule has 0 spiro atoms. The second-order valence-electron chi connectivity index (χ2n) is 4.26. The van der Waals surface area contributed by atoms with E-state index in [-0.39, 0.29) is 0 Å². The Hall–Kier alpha value is -1.26. The van der Waals surface area contributed by atoms with Crippen LogP contribution in [0.2, 0.25) is 0 Å². The fourth-order valence-electron chi connectivity index (χ4n) is 1.67. The smallest absolute Gasteiger partial charge is 0.0580 e. The lowest BCUT2D eigenvalue weighted by Crippen LogP contribution is -2.15. The molecule has 0 fully saturated rings. The molecule has 0 saturated heterocycles. The van der Waals surface area contributed by atoms with Gasteiger partial charge in [0.2, 0.25) is 0 Å². The molecule has 1 aromatic rings. The Balaban J connectivity index is 1.99. The van der Waals surface area contributed by atoms with Crippen LogP contribution in [0.3, 0.4) is 0 Å². The minimum Gasteiger partial charge on any atom is -0.306 e. The molecule has 0 aliphatic heterocycles. The van der Waals surface area contributed by atoms with Gasteiger partial charge < -0.3 is 5.32 Å². The quantitative estimate of drug-likeness (QED) is 0.556. The summed E-state index contributed by atoms with van der Waals surface area (Å²) in [6.45, 7) is 4.13. The van der Waals surface area contributed by atoms with Crippen LogP contribution in [0.15, 0.2) is 30.3 Å². The highest BCUT2D eigenvalue weighted by atomic mass is 14.8. The van der Waals surface area contributed by atoms with Gasteiger partial charge in [-0.1, -0.05) is 62.6 Å². The van der Waals surface area contributed by atoms with Crippen molar-refractivity contribution in [2.45, 2.75) is 39.0 Å². The molecule has 0 aromatic heterocycles. The second kappa shape index (κ2) is 9.93. The predicted octanol–water partition coefficient (Wildman–Crippen LogP) is 3.60. The Morgan fingerprint density at radius 2 is 1.76 bits per heavy atom. The molecule has 1 aromatic carbocycles. The van der Waals surface area contributed by atoms with Crippen LogP contribution >= 0.6 is 0 Å². The highest BCUT2D eigenvalue weighted by Crippen LogP contribution is 2.00. The van der Waals surface area contributed by atoms with Crippen molar-refractivity contribution in [2.75, 3.05) is 13.1 Å². The molecule has 17 heavy (non-hydrogen) atoms. The zero-order chi connectivity index (χ0) is 12.2. The minimum absolute atomic E-state index is 0.794. The summed E-state index contributed by atoms with van der Waals surface area (Å²) in [5.74, 6) is 6.29. The van der Waals surface area contributed by atoms with Crippen molar-refractivity contribution < 1.29 is 0 Å². The molecule has 0 radical (unpaired) electrons. The van der Waals surface area contributed by atoms with Crippen molar-refractivity contribution in [3.8, 4) is 11.8 Å². The third-order valence-corrected chi connectivity index (χ3v) is 2.68. The molecular formula is C16H23N. The summed E-state index contributed by atoms with van der Waals surface area (Å²) in [4.78, 5) is 0. The monoisotopic (exact) mass is 229 g/mol. The van der Waals surface area contributed by atoms with Gasteiger partial charge >= 0.3 is 0 Å².